The van der Waals surface area contributed by atoms with Crippen molar-refractivity contribution in [2.75, 3.05) is 6.26 Å². The molecule has 2 aromatic heterocycles. The maximum absolute atomic E-state index is 13.4. The van der Waals surface area contributed by atoms with Crippen LogP contribution in [-0.2, 0) is 0 Å². The zero-order chi connectivity index (χ0) is 18.8. The van der Waals surface area contributed by atoms with Gasteiger partial charge in [0.2, 0.25) is 0 Å². The average molecular weight is 375 g/mol. The number of hydrogen-bond donors (Lipinski definition) is 0. The average Bonchev–Trinajstić information content (AvgIpc) is 3.14. The first-order valence-electron chi connectivity index (χ1n) is 8.57. The summed E-state index contributed by atoms with van der Waals surface area (Å²) < 4.78 is 15.6. The molecule has 0 aliphatic heterocycles. The van der Waals surface area contributed by atoms with E-state index >= 15 is 0 Å². The van der Waals surface area contributed by atoms with Crippen LogP contribution in [0.1, 0.15) is 5.56 Å². The molecule has 5 heteroatoms. The largest absolute Gasteiger partial charge is 0.291 e. The highest BCUT2D eigenvalue weighted by Gasteiger charge is 2.18. The van der Waals surface area contributed by atoms with Crippen LogP contribution in [0.25, 0.3) is 28.3 Å². The highest BCUT2D eigenvalue weighted by Crippen LogP contribution is 2.35. The normalized spacial score (nSPS) is 10.9. The number of aryl methyl sites for hydroxylation is 1. The Kier molecular flexibility index (Phi) is 4.77. The molecular weight excluding hydrogens is 357 g/mol. The van der Waals surface area contributed by atoms with E-state index in [1.165, 1.54) is 22.6 Å². The lowest BCUT2D eigenvalue weighted by atomic mass is 10.1. The first kappa shape index (κ1) is 17.5. The van der Waals surface area contributed by atoms with E-state index in [1.54, 1.807) is 36.3 Å². The van der Waals surface area contributed by atoms with Gasteiger partial charge in [-0.25, -0.2) is 9.37 Å². The number of hydrogen-bond acceptors (Lipinski definition) is 3. The van der Waals surface area contributed by atoms with E-state index in [4.69, 9.17) is 0 Å². The van der Waals surface area contributed by atoms with Gasteiger partial charge in [0.1, 0.15) is 11.6 Å². The van der Waals surface area contributed by atoms with Gasteiger partial charge < -0.3 is 0 Å². The fourth-order valence-corrected chi connectivity index (χ4v) is 3.96. The number of aromatic nitrogens is 3. The van der Waals surface area contributed by atoms with Crippen LogP contribution >= 0.6 is 11.8 Å². The molecule has 0 unspecified atom stereocenters. The van der Waals surface area contributed by atoms with Gasteiger partial charge in [-0.05, 0) is 61.2 Å². The Morgan fingerprint density at radius 1 is 0.926 bits per heavy atom. The van der Waals surface area contributed by atoms with E-state index in [0.717, 1.165) is 28.3 Å². The summed E-state index contributed by atoms with van der Waals surface area (Å²) in [5.74, 6) is 0.522. The first-order chi connectivity index (χ1) is 13.2. The van der Waals surface area contributed by atoms with Gasteiger partial charge in [-0.1, -0.05) is 12.1 Å². The smallest absolute Gasteiger partial charge is 0.145 e. The molecule has 0 spiro atoms. The molecule has 3 nitrogen and oxygen atoms in total. The highest BCUT2D eigenvalue weighted by atomic mass is 32.2. The van der Waals surface area contributed by atoms with Gasteiger partial charge in [-0.15, -0.1) is 11.8 Å². The van der Waals surface area contributed by atoms with Crippen LogP contribution in [0.3, 0.4) is 0 Å². The second-order valence-corrected chi connectivity index (χ2v) is 6.99. The van der Waals surface area contributed by atoms with Crippen LogP contribution < -0.4 is 0 Å². The summed E-state index contributed by atoms with van der Waals surface area (Å²) >= 11 is 1.71. The molecule has 2 heterocycles. The van der Waals surface area contributed by atoms with Crippen molar-refractivity contribution in [1.29, 1.82) is 0 Å². The Bertz CT molecular complexity index is 1070. The van der Waals surface area contributed by atoms with Gasteiger partial charge >= 0.3 is 0 Å². The fraction of sp³-hybridized carbons (Fsp3) is 0.0909. The molecular formula is C22H18FN3S. The van der Waals surface area contributed by atoms with Crippen molar-refractivity contribution in [3.05, 3.63) is 84.6 Å². The molecule has 0 bridgehead atoms. The SMILES string of the molecule is CSc1c(C)cccc1-n1c(-c2ccncc2)cnc1-c1ccc(F)cc1. The fourth-order valence-electron chi connectivity index (χ4n) is 3.20. The monoisotopic (exact) mass is 375 g/mol. The van der Waals surface area contributed by atoms with Crippen molar-refractivity contribution in [2.45, 2.75) is 11.8 Å². The van der Waals surface area contributed by atoms with E-state index in [9.17, 15) is 4.39 Å². The van der Waals surface area contributed by atoms with Crippen LogP contribution in [-0.4, -0.2) is 20.8 Å². The standard InChI is InChI=1S/C22H18FN3S/c1-15-4-3-5-19(21(15)27-2)26-20(16-10-12-24-13-11-16)14-25-22(26)17-6-8-18(23)9-7-17/h3-14H,1-2H3. The molecule has 0 fully saturated rings. The molecule has 4 rings (SSSR count). The van der Waals surface area contributed by atoms with Crippen molar-refractivity contribution in [3.63, 3.8) is 0 Å². The summed E-state index contributed by atoms with van der Waals surface area (Å²) in [5.41, 5.74) is 5.13. The zero-order valence-electron chi connectivity index (χ0n) is 15.1. The Morgan fingerprint density at radius 2 is 1.67 bits per heavy atom. The van der Waals surface area contributed by atoms with Crippen molar-refractivity contribution >= 4 is 11.8 Å². The first-order valence-corrected chi connectivity index (χ1v) is 9.79. The van der Waals surface area contributed by atoms with Gasteiger partial charge in [0.05, 0.1) is 17.6 Å². The Hall–Kier alpha value is -2.92. The Balaban J connectivity index is 2.01. The zero-order valence-corrected chi connectivity index (χ0v) is 15.9. The van der Waals surface area contributed by atoms with Crippen LogP contribution in [0.5, 0.6) is 0 Å². The third kappa shape index (κ3) is 3.26. The number of pyridine rings is 1. The van der Waals surface area contributed by atoms with Crippen molar-refractivity contribution < 1.29 is 4.39 Å². The summed E-state index contributed by atoms with van der Waals surface area (Å²) in [7, 11) is 0. The molecule has 0 N–H and O–H groups in total. The second-order valence-electron chi connectivity index (χ2n) is 6.17. The van der Waals surface area contributed by atoms with Gasteiger partial charge in [0, 0.05) is 28.4 Å². The molecule has 27 heavy (non-hydrogen) atoms. The number of imidazole rings is 1. The second kappa shape index (κ2) is 7.37. The molecule has 0 aliphatic rings. The predicted octanol–water partition coefficient (Wildman–Crippen LogP) is 5.77. The molecule has 0 saturated heterocycles. The summed E-state index contributed by atoms with van der Waals surface area (Å²) in [4.78, 5) is 9.99. The lowest BCUT2D eigenvalue weighted by molar-refractivity contribution is 0.628. The third-order valence-corrected chi connectivity index (χ3v) is 5.42. The number of rotatable bonds is 4. The molecule has 134 valence electrons. The number of thioether (sulfide) groups is 1. The van der Waals surface area contributed by atoms with Crippen molar-refractivity contribution in [1.82, 2.24) is 14.5 Å². The lowest BCUT2D eigenvalue weighted by Crippen LogP contribution is -2.03. The minimum absolute atomic E-state index is 0.258. The molecule has 0 amide bonds. The highest BCUT2D eigenvalue weighted by molar-refractivity contribution is 7.98. The van der Waals surface area contributed by atoms with Crippen LogP contribution in [0.15, 0.2) is 78.1 Å². The minimum Gasteiger partial charge on any atom is -0.291 e. The number of halogens is 1. The van der Waals surface area contributed by atoms with Gasteiger partial charge in [0.15, 0.2) is 0 Å². The maximum Gasteiger partial charge on any atom is 0.145 e. The van der Waals surface area contributed by atoms with Crippen molar-refractivity contribution in [3.8, 4) is 28.3 Å². The van der Waals surface area contributed by atoms with Gasteiger partial charge in [-0.3, -0.25) is 9.55 Å². The third-order valence-electron chi connectivity index (χ3n) is 4.48. The summed E-state index contributed by atoms with van der Waals surface area (Å²) in [5, 5.41) is 0. The van der Waals surface area contributed by atoms with Crippen LogP contribution in [0.2, 0.25) is 0 Å². The predicted molar refractivity (Wildman–Crippen MR) is 109 cm³/mol. The molecule has 0 radical (unpaired) electrons. The summed E-state index contributed by atoms with van der Waals surface area (Å²) in [6.45, 7) is 2.11. The maximum atomic E-state index is 13.4. The van der Waals surface area contributed by atoms with Gasteiger partial charge in [0.25, 0.3) is 0 Å². The molecule has 0 saturated carbocycles. The molecule has 0 aliphatic carbocycles. The summed E-state index contributed by atoms with van der Waals surface area (Å²) in [6, 6.07) is 16.6. The molecule has 0 atom stereocenters. The Labute approximate surface area is 161 Å². The number of nitrogens with zero attached hydrogens (tertiary/aromatic N) is 3. The quantitative estimate of drug-likeness (QED) is 0.424. The van der Waals surface area contributed by atoms with E-state index in [0.29, 0.717) is 0 Å². The molecule has 4 aromatic rings. The van der Waals surface area contributed by atoms with Crippen LogP contribution in [0.4, 0.5) is 4.39 Å². The van der Waals surface area contributed by atoms with Gasteiger partial charge in [-0.2, -0.15) is 0 Å². The summed E-state index contributed by atoms with van der Waals surface area (Å²) in [6.07, 6.45) is 7.48. The van der Waals surface area contributed by atoms with Crippen LogP contribution in [0, 0.1) is 12.7 Å². The Morgan fingerprint density at radius 3 is 2.37 bits per heavy atom. The van der Waals surface area contributed by atoms with E-state index < -0.39 is 0 Å². The van der Waals surface area contributed by atoms with Crippen molar-refractivity contribution in [2.24, 2.45) is 0 Å². The van der Waals surface area contributed by atoms with E-state index in [-0.39, 0.29) is 5.82 Å². The lowest BCUT2D eigenvalue weighted by Gasteiger charge is -2.17. The van der Waals surface area contributed by atoms with E-state index in [2.05, 4.69) is 45.9 Å². The molecule has 2 aromatic carbocycles. The topological polar surface area (TPSA) is 30.7 Å². The minimum atomic E-state index is -0.258. The number of benzene rings is 2. The van der Waals surface area contributed by atoms with E-state index in [1.807, 2.05) is 18.3 Å².